The van der Waals surface area contributed by atoms with Gasteiger partial charge in [0.25, 0.3) is 5.91 Å². The minimum absolute atomic E-state index is 0.233. The van der Waals surface area contributed by atoms with Gasteiger partial charge in [-0.3, -0.25) is 4.79 Å². The molecule has 2 aromatic carbocycles. The molecule has 0 saturated heterocycles. The fourth-order valence-electron chi connectivity index (χ4n) is 2.02. The monoisotopic (exact) mass is 422 g/mol. The molecule has 0 atom stereocenters. The molecule has 118 valence electrons. The lowest BCUT2D eigenvalue weighted by atomic mass is 10.1. The predicted molar refractivity (Wildman–Crippen MR) is 96.0 cm³/mol. The van der Waals surface area contributed by atoms with Crippen LogP contribution in [-0.2, 0) is 6.42 Å². The Morgan fingerprint density at radius 2 is 1.78 bits per heavy atom. The summed E-state index contributed by atoms with van der Waals surface area (Å²) < 4.78 is 11.2. The molecule has 0 aromatic heterocycles. The highest BCUT2D eigenvalue weighted by atomic mass is 127. The van der Waals surface area contributed by atoms with Crippen LogP contribution in [0.3, 0.4) is 0 Å². The molecule has 0 spiro atoms. The first-order chi connectivity index (χ1) is 11.1. The van der Waals surface area contributed by atoms with Crippen molar-refractivity contribution in [2.45, 2.75) is 6.42 Å². The van der Waals surface area contributed by atoms with Crippen LogP contribution in [0.5, 0.6) is 11.5 Å². The van der Waals surface area contributed by atoms with E-state index in [1.54, 1.807) is 31.4 Å². The van der Waals surface area contributed by atoms with E-state index in [9.17, 15) is 4.79 Å². The average molecular weight is 422 g/mol. The summed E-state index contributed by atoms with van der Waals surface area (Å²) in [5.41, 5.74) is 2.08. The number of carbonyl (C=O) groups is 1. The quantitative estimate of drug-likeness (QED) is 0.748. The molecule has 5 nitrogen and oxygen atoms in total. The molecule has 0 unspecified atom stereocenters. The average Bonchev–Trinajstić information content (AvgIpc) is 2.56. The molecular formula is C17H15IN2O3. The van der Waals surface area contributed by atoms with Gasteiger partial charge in [0.1, 0.15) is 0 Å². The van der Waals surface area contributed by atoms with Gasteiger partial charge in [-0.2, -0.15) is 5.26 Å². The fourth-order valence-corrected chi connectivity index (χ4v) is 2.71. The maximum absolute atomic E-state index is 12.4. The molecule has 0 radical (unpaired) electrons. The van der Waals surface area contributed by atoms with Crippen LogP contribution in [-0.4, -0.2) is 20.1 Å². The molecule has 2 rings (SSSR count). The summed E-state index contributed by atoms with van der Waals surface area (Å²) in [4.78, 5) is 12.4. The Labute approximate surface area is 148 Å². The highest BCUT2D eigenvalue weighted by Gasteiger charge is 2.15. The standard InChI is InChI=1S/C17H15IN2O3/c1-22-15-9-13(14(18)10-16(15)23-2)17(21)20-12-5-3-11(4-6-12)7-8-19/h3-6,9-10H,7H2,1-2H3,(H,20,21). The van der Waals surface area contributed by atoms with Crippen molar-refractivity contribution in [2.24, 2.45) is 0 Å². The first-order valence-electron chi connectivity index (χ1n) is 6.77. The number of anilines is 1. The summed E-state index contributed by atoms with van der Waals surface area (Å²) in [6.45, 7) is 0. The van der Waals surface area contributed by atoms with E-state index in [1.807, 2.05) is 12.1 Å². The molecule has 1 amide bonds. The molecule has 0 fully saturated rings. The second kappa shape index (κ2) is 7.83. The van der Waals surface area contributed by atoms with Gasteiger partial charge in [0.05, 0.1) is 32.3 Å². The van der Waals surface area contributed by atoms with Crippen molar-refractivity contribution in [3.63, 3.8) is 0 Å². The van der Waals surface area contributed by atoms with Crippen molar-refractivity contribution in [3.8, 4) is 17.6 Å². The van der Waals surface area contributed by atoms with Crippen LogP contribution in [0.15, 0.2) is 36.4 Å². The van der Waals surface area contributed by atoms with Gasteiger partial charge in [0.2, 0.25) is 0 Å². The van der Waals surface area contributed by atoms with Gasteiger partial charge in [0.15, 0.2) is 11.5 Å². The molecule has 0 saturated carbocycles. The largest absolute Gasteiger partial charge is 0.493 e. The van der Waals surface area contributed by atoms with Gasteiger partial charge in [-0.05, 0) is 52.4 Å². The number of rotatable bonds is 5. The SMILES string of the molecule is COc1cc(I)c(C(=O)Nc2ccc(CC#N)cc2)cc1OC. The summed E-state index contributed by atoms with van der Waals surface area (Å²) in [5, 5.41) is 11.5. The minimum Gasteiger partial charge on any atom is -0.493 e. The van der Waals surface area contributed by atoms with Gasteiger partial charge in [-0.1, -0.05) is 12.1 Å². The number of halogens is 1. The predicted octanol–water partition coefficient (Wildman–Crippen LogP) is 3.63. The van der Waals surface area contributed by atoms with E-state index < -0.39 is 0 Å². The van der Waals surface area contributed by atoms with E-state index in [0.717, 1.165) is 9.13 Å². The third-order valence-electron chi connectivity index (χ3n) is 3.21. The van der Waals surface area contributed by atoms with E-state index >= 15 is 0 Å². The third kappa shape index (κ3) is 4.13. The first kappa shape index (κ1) is 17.1. The fraction of sp³-hybridized carbons (Fsp3) is 0.176. The summed E-state index contributed by atoms with van der Waals surface area (Å²) in [5.74, 6) is 0.847. The highest BCUT2D eigenvalue weighted by Crippen LogP contribution is 2.31. The molecule has 0 aliphatic carbocycles. The van der Waals surface area contributed by atoms with E-state index in [4.69, 9.17) is 14.7 Å². The van der Waals surface area contributed by atoms with Gasteiger partial charge in [-0.15, -0.1) is 0 Å². The Hall–Kier alpha value is -2.27. The normalized spacial score (nSPS) is 9.83. The molecule has 0 aliphatic heterocycles. The van der Waals surface area contributed by atoms with Gasteiger partial charge in [0, 0.05) is 9.26 Å². The van der Waals surface area contributed by atoms with Crippen LogP contribution in [0.2, 0.25) is 0 Å². The van der Waals surface area contributed by atoms with Gasteiger partial charge >= 0.3 is 0 Å². The summed E-state index contributed by atoms with van der Waals surface area (Å²) in [6.07, 6.45) is 0.349. The molecule has 0 heterocycles. The lowest BCUT2D eigenvalue weighted by Crippen LogP contribution is -2.14. The molecule has 2 aromatic rings. The number of methoxy groups -OCH3 is 2. The second-order valence-electron chi connectivity index (χ2n) is 4.67. The number of ether oxygens (including phenoxy) is 2. The van der Waals surface area contributed by atoms with Crippen LogP contribution < -0.4 is 14.8 Å². The number of nitriles is 1. The van der Waals surface area contributed by atoms with E-state index in [0.29, 0.717) is 29.2 Å². The van der Waals surface area contributed by atoms with E-state index in [-0.39, 0.29) is 5.91 Å². The van der Waals surface area contributed by atoms with Crippen LogP contribution >= 0.6 is 22.6 Å². The molecule has 0 aliphatic rings. The lowest BCUT2D eigenvalue weighted by molar-refractivity contribution is 0.102. The number of carbonyl (C=O) groups excluding carboxylic acids is 1. The Balaban J connectivity index is 2.22. The molecule has 6 heteroatoms. The van der Waals surface area contributed by atoms with Crippen molar-refractivity contribution in [2.75, 3.05) is 19.5 Å². The van der Waals surface area contributed by atoms with Crippen molar-refractivity contribution >= 4 is 34.2 Å². The zero-order valence-corrected chi connectivity index (χ0v) is 14.9. The van der Waals surface area contributed by atoms with Crippen molar-refractivity contribution in [3.05, 3.63) is 51.1 Å². The van der Waals surface area contributed by atoms with Crippen LogP contribution in [0.1, 0.15) is 15.9 Å². The lowest BCUT2D eigenvalue weighted by Gasteiger charge is -2.12. The number of nitrogens with zero attached hydrogens (tertiary/aromatic N) is 1. The number of hydrogen-bond donors (Lipinski definition) is 1. The summed E-state index contributed by atoms with van der Waals surface area (Å²) in [7, 11) is 3.08. The van der Waals surface area contributed by atoms with E-state index in [2.05, 4.69) is 34.0 Å². The first-order valence-corrected chi connectivity index (χ1v) is 7.85. The maximum atomic E-state index is 12.4. The zero-order valence-electron chi connectivity index (χ0n) is 12.7. The smallest absolute Gasteiger partial charge is 0.256 e. The number of hydrogen-bond acceptors (Lipinski definition) is 4. The topological polar surface area (TPSA) is 71.3 Å². The van der Waals surface area contributed by atoms with Crippen LogP contribution in [0.25, 0.3) is 0 Å². The third-order valence-corrected chi connectivity index (χ3v) is 4.11. The van der Waals surface area contributed by atoms with Crippen LogP contribution in [0, 0.1) is 14.9 Å². The van der Waals surface area contributed by atoms with Crippen molar-refractivity contribution in [1.82, 2.24) is 0 Å². The second-order valence-corrected chi connectivity index (χ2v) is 5.84. The summed E-state index contributed by atoms with van der Waals surface area (Å²) in [6, 6.07) is 12.7. The van der Waals surface area contributed by atoms with Crippen LogP contribution in [0.4, 0.5) is 5.69 Å². The Morgan fingerprint density at radius 3 is 2.35 bits per heavy atom. The number of amides is 1. The Kier molecular flexibility index (Phi) is 5.82. The van der Waals surface area contributed by atoms with Gasteiger partial charge in [-0.25, -0.2) is 0 Å². The highest BCUT2D eigenvalue weighted by molar-refractivity contribution is 14.1. The zero-order chi connectivity index (χ0) is 16.8. The van der Waals surface area contributed by atoms with E-state index in [1.165, 1.54) is 7.11 Å². The molecular weight excluding hydrogens is 407 g/mol. The van der Waals surface area contributed by atoms with Crippen molar-refractivity contribution in [1.29, 1.82) is 5.26 Å². The Bertz CT molecular complexity index is 752. The van der Waals surface area contributed by atoms with Gasteiger partial charge < -0.3 is 14.8 Å². The minimum atomic E-state index is -0.233. The Morgan fingerprint density at radius 1 is 1.17 bits per heavy atom. The number of nitrogens with one attached hydrogen (secondary N) is 1. The van der Waals surface area contributed by atoms with Crippen molar-refractivity contribution < 1.29 is 14.3 Å². The number of benzene rings is 2. The molecule has 23 heavy (non-hydrogen) atoms. The summed E-state index contributed by atoms with van der Waals surface area (Å²) >= 11 is 2.08. The maximum Gasteiger partial charge on any atom is 0.256 e. The molecule has 1 N–H and O–H groups in total. The molecule has 0 bridgehead atoms.